The lowest BCUT2D eigenvalue weighted by Crippen LogP contribution is -2.29. The molecule has 2 unspecified atom stereocenters. The molecular weight excluding hydrogens is 216 g/mol. The van der Waals surface area contributed by atoms with Gasteiger partial charge in [0.15, 0.2) is 0 Å². The number of carbonyl (C=O) groups is 1. The van der Waals surface area contributed by atoms with Crippen LogP contribution < -0.4 is 5.73 Å². The summed E-state index contributed by atoms with van der Waals surface area (Å²) in [6, 6.07) is 0. The lowest BCUT2D eigenvalue weighted by molar-refractivity contribution is -0.149. The maximum atomic E-state index is 11.7. The second-order valence-corrected chi connectivity index (χ2v) is 5.50. The highest BCUT2D eigenvalue weighted by molar-refractivity contribution is 5.69. The molecule has 0 amide bonds. The van der Waals surface area contributed by atoms with E-state index in [0.29, 0.717) is 18.9 Å². The largest absolute Gasteiger partial charge is 0.461 e. The molecule has 0 aromatic carbocycles. The zero-order chi connectivity index (χ0) is 13.4. The maximum Gasteiger partial charge on any atom is 0.306 e. The predicted octanol–water partition coefficient (Wildman–Crippen LogP) is 1.49. The first-order valence-corrected chi connectivity index (χ1v) is 6.39. The third-order valence-electron chi connectivity index (χ3n) is 2.55. The second kappa shape index (κ2) is 8.48. The molecule has 17 heavy (non-hydrogen) atoms. The van der Waals surface area contributed by atoms with Gasteiger partial charge in [0.05, 0.1) is 0 Å². The highest BCUT2D eigenvalue weighted by atomic mass is 16.5. The first-order valence-electron chi connectivity index (χ1n) is 6.39. The minimum atomic E-state index is -0.129. The summed E-state index contributed by atoms with van der Waals surface area (Å²) in [7, 11) is 3.93. The number of likely N-dealkylation sites (N-methyl/N-ethyl adjacent to an activating group) is 1. The van der Waals surface area contributed by atoms with E-state index < -0.39 is 0 Å². The van der Waals surface area contributed by atoms with Gasteiger partial charge in [-0.1, -0.05) is 13.8 Å². The summed E-state index contributed by atoms with van der Waals surface area (Å²) in [5.41, 5.74) is 5.66. The Morgan fingerprint density at radius 2 is 1.88 bits per heavy atom. The molecule has 0 aromatic heterocycles. The Balaban J connectivity index is 3.97. The molecule has 0 fully saturated rings. The van der Waals surface area contributed by atoms with Crippen LogP contribution in [0.4, 0.5) is 0 Å². The van der Waals surface area contributed by atoms with Gasteiger partial charge in [-0.3, -0.25) is 4.79 Å². The second-order valence-electron chi connectivity index (χ2n) is 5.50. The standard InChI is InChI=1S/C13H28N2O2/c1-10(2)6-12(8-14)7-13(16)17-11(3)9-15(4)5/h10-12H,6-9,14H2,1-5H3. The van der Waals surface area contributed by atoms with Gasteiger partial charge in [0.1, 0.15) is 6.10 Å². The molecule has 4 nitrogen and oxygen atoms in total. The zero-order valence-corrected chi connectivity index (χ0v) is 11.9. The molecule has 0 aliphatic carbocycles. The van der Waals surface area contributed by atoms with Gasteiger partial charge in [-0.15, -0.1) is 0 Å². The fourth-order valence-corrected chi connectivity index (χ4v) is 1.99. The Morgan fingerprint density at radius 1 is 1.29 bits per heavy atom. The van der Waals surface area contributed by atoms with Gasteiger partial charge < -0.3 is 15.4 Å². The molecule has 0 saturated carbocycles. The van der Waals surface area contributed by atoms with Crippen LogP contribution in [-0.2, 0) is 9.53 Å². The van der Waals surface area contributed by atoms with Gasteiger partial charge in [0.25, 0.3) is 0 Å². The van der Waals surface area contributed by atoms with E-state index in [1.165, 1.54) is 0 Å². The van der Waals surface area contributed by atoms with Crippen LogP contribution >= 0.6 is 0 Å². The Hall–Kier alpha value is -0.610. The van der Waals surface area contributed by atoms with Crippen LogP contribution in [0.15, 0.2) is 0 Å². The van der Waals surface area contributed by atoms with Gasteiger partial charge in [-0.25, -0.2) is 0 Å². The van der Waals surface area contributed by atoms with Crippen molar-refractivity contribution < 1.29 is 9.53 Å². The molecule has 2 N–H and O–H groups in total. The lowest BCUT2D eigenvalue weighted by Gasteiger charge is -2.20. The van der Waals surface area contributed by atoms with E-state index in [-0.39, 0.29) is 18.0 Å². The molecule has 0 saturated heterocycles. The molecule has 0 bridgehead atoms. The van der Waals surface area contributed by atoms with Crippen molar-refractivity contribution in [2.75, 3.05) is 27.2 Å². The first kappa shape index (κ1) is 16.4. The molecule has 0 radical (unpaired) electrons. The van der Waals surface area contributed by atoms with Crippen LogP contribution in [0.5, 0.6) is 0 Å². The average Bonchev–Trinajstić information content (AvgIpc) is 2.13. The van der Waals surface area contributed by atoms with Gasteiger partial charge in [-0.2, -0.15) is 0 Å². The highest BCUT2D eigenvalue weighted by Crippen LogP contribution is 2.15. The topological polar surface area (TPSA) is 55.6 Å². The third-order valence-corrected chi connectivity index (χ3v) is 2.55. The molecule has 0 aromatic rings. The summed E-state index contributed by atoms with van der Waals surface area (Å²) in [6.07, 6.45) is 1.36. The molecule has 102 valence electrons. The number of hydrogen-bond donors (Lipinski definition) is 1. The number of nitrogens with two attached hydrogens (primary N) is 1. The Morgan fingerprint density at radius 3 is 2.29 bits per heavy atom. The van der Waals surface area contributed by atoms with Crippen molar-refractivity contribution in [1.82, 2.24) is 4.90 Å². The van der Waals surface area contributed by atoms with Crippen LogP contribution in [-0.4, -0.2) is 44.2 Å². The number of hydrogen-bond acceptors (Lipinski definition) is 4. The summed E-state index contributed by atoms with van der Waals surface area (Å²) < 4.78 is 5.34. The lowest BCUT2D eigenvalue weighted by atomic mass is 9.94. The molecule has 0 rings (SSSR count). The van der Waals surface area contributed by atoms with E-state index in [2.05, 4.69) is 13.8 Å². The quantitative estimate of drug-likeness (QED) is 0.657. The maximum absolute atomic E-state index is 11.7. The minimum Gasteiger partial charge on any atom is -0.461 e. The molecule has 0 aliphatic rings. The predicted molar refractivity (Wildman–Crippen MR) is 70.7 cm³/mol. The monoisotopic (exact) mass is 244 g/mol. The van der Waals surface area contributed by atoms with Crippen molar-refractivity contribution in [1.29, 1.82) is 0 Å². The molecule has 0 heterocycles. The third kappa shape index (κ3) is 9.12. The van der Waals surface area contributed by atoms with Crippen LogP contribution in [0.1, 0.15) is 33.6 Å². The van der Waals surface area contributed by atoms with E-state index in [1.807, 2.05) is 25.9 Å². The number of carbonyl (C=O) groups excluding carboxylic acids is 1. The van der Waals surface area contributed by atoms with Crippen LogP contribution in [0.2, 0.25) is 0 Å². The van der Waals surface area contributed by atoms with Crippen molar-refractivity contribution in [3.63, 3.8) is 0 Å². The summed E-state index contributed by atoms with van der Waals surface area (Å²) in [6.45, 7) is 7.50. The Labute approximate surface area is 105 Å². The number of rotatable bonds is 8. The van der Waals surface area contributed by atoms with Gasteiger partial charge in [0.2, 0.25) is 0 Å². The van der Waals surface area contributed by atoms with Gasteiger partial charge in [0, 0.05) is 13.0 Å². The normalized spacial score (nSPS) is 15.1. The fourth-order valence-electron chi connectivity index (χ4n) is 1.99. The van der Waals surface area contributed by atoms with Crippen molar-refractivity contribution in [3.05, 3.63) is 0 Å². The van der Waals surface area contributed by atoms with Crippen LogP contribution in [0.3, 0.4) is 0 Å². The van der Waals surface area contributed by atoms with E-state index in [0.717, 1.165) is 13.0 Å². The van der Waals surface area contributed by atoms with Crippen molar-refractivity contribution in [2.24, 2.45) is 17.6 Å². The van der Waals surface area contributed by atoms with Crippen molar-refractivity contribution in [2.45, 2.75) is 39.7 Å². The van der Waals surface area contributed by atoms with Crippen molar-refractivity contribution in [3.8, 4) is 0 Å². The van der Waals surface area contributed by atoms with Gasteiger partial charge in [-0.05, 0) is 45.8 Å². The molecule has 2 atom stereocenters. The molecule has 0 aliphatic heterocycles. The SMILES string of the molecule is CC(C)CC(CN)CC(=O)OC(C)CN(C)C. The number of esters is 1. The van der Waals surface area contributed by atoms with Crippen LogP contribution in [0.25, 0.3) is 0 Å². The number of ether oxygens (including phenoxy) is 1. The summed E-state index contributed by atoms with van der Waals surface area (Å²) in [5, 5.41) is 0. The summed E-state index contributed by atoms with van der Waals surface area (Å²) in [4.78, 5) is 13.7. The fraction of sp³-hybridized carbons (Fsp3) is 0.923. The average molecular weight is 244 g/mol. The highest BCUT2D eigenvalue weighted by Gasteiger charge is 2.17. The van der Waals surface area contributed by atoms with E-state index >= 15 is 0 Å². The minimum absolute atomic E-state index is 0.0602. The number of nitrogens with zero attached hydrogens (tertiary/aromatic N) is 1. The van der Waals surface area contributed by atoms with E-state index in [4.69, 9.17) is 10.5 Å². The Kier molecular flexibility index (Phi) is 8.17. The summed E-state index contributed by atoms with van der Waals surface area (Å²) in [5.74, 6) is 0.681. The van der Waals surface area contributed by atoms with Crippen LogP contribution in [0, 0.1) is 11.8 Å². The summed E-state index contributed by atoms with van der Waals surface area (Å²) >= 11 is 0. The first-order chi connectivity index (χ1) is 7.85. The van der Waals surface area contributed by atoms with E-state index in [1.54, 1.807) is 0 Å². The zero-order valence-electron chi connectivity index (χ0n) is 11.9. The van der Waals surface area contributed by atoms with Crippen molar-refractivity contribution >= 4 is 5.97 Å². The van der Waals surface area contributed by atoms with Gasteiger partial charge >= 0.3 is 5.97 Å². The molecular formula is C13H28N2O2. The molecule has 0 spiro atoms. The smallest absolute Gasteiger partial charge is 0.306 e. The Bertz CT molecular complexity index is 217. The van der Waals surface area contributed by atoms with E-state index in [9.17, 15) is 4.79 Å². The molecule has 4 heteroatoms.